The van der Waals surface area contributed by atoms with Crippen LogP contribution < -0.4 is 4.74 Å². The summed E-state index contributed by atoms with van der Waals surface area (Å²) >= 11 is 3.79. The van der Waals surface area contributed by atoms with Crippen molar-refractivity contribution in [2.75, 3.05) is 20.8 Å². The molecule has 2 nitrogen and oxygen atoms in total. The maximum absolute atomic E-state index is 5.47. The molecule has 0 saturated heterocycles. The van der Waals surface area contributed by atoms with E-state index in [9.17, 15) is 0 Å². The number of aryl methyl sites for hydroxylation is 1. The van der Waals surface area contributed by atoms with Gasteiger partial charge in [0.1, 0.15) is 5.75 Å². The number of ether oxygens (including phenoxy) is 2. The monoisotopic (exact) mass is 348 g/mol. The Morgan fingerprint density at radius 2 is 1.76 bits per heavy atom. The van der Waals surface area contributed by atoms with Crippen LogP contribution in [0.5, 0.6) is 5.75 Å². The minimum Gasteiger partial charge on any atom is -0.496 e. The predicted octanol–water partition coefficient (Wildman–Crippen LogP) is 4.68. The van der Waals surface area contributed by atoms with E-state index >= 15 is 0 Å². The molecule has 0 bridgehead atoms. The minimum absolute atomic E-state index is 0.129. The summed E-state index contributed by atoms with van der Waals surface area (Å²) in [4.78, 5) is 0.129. The van der Waals surface area contributed by atoms with Crippen LogP contribution in [0.15, 0.2) is 42.5 Å². The number of methoxy groups -OCH3 is 2. The lowest BCUT2D eigenvalue weighted by molar-refractivity contribution is 0.202. The van der Waals surface area contributed by atoms with Crippen molar-refractivity contribution in [1.82, 2.24) is 0 Å². The van der Waals surface area contributed by atoms with Crippen molar-refractivity contribution in [3.05, 3.63) is 64.7 Å². The third-order valence-electron chi connectivity index (χ3n) is 3.53. The molecule has 0 aliphatic rings. The first kappa shape index (κ1) is 16.1. The average Bonchev–Trinajstić information content (AvgIpc) is 2.52. The van der Waals surface area contributed by atoms with Gasteiger partial charge in [0, 0.05) is 12.7 Å². The van der Waals surface area contributed by atoms with Gasteiger partial charge in [-0.2, -0.15) is 0 Å². The second-order valence-corrected chi connectivity index (χ2v) is 6.01. The van der Waals surface area contributed by atoms with Crippen LogP contribution in [-0.4, -0.2) is 20.8 Å². The Morgan fingerprint density at radius 3 is 2.38 bits per heavy atom. The molecule has 0 spiro atoms. The van der Waals surface area contributed by atoms with Crippen LogP contribution in [0.2, 0.25) is 0 Å². The number of rotatable bonds is 6. The summed E-state index contributed by atoms with van der Waals surface area (Å²) in [6.07, 6.45) is 0.942. The number of hydrogen-bond acceptors (Lipinski definition) is 2. The number of benzene rings is 2. The van der Waals surface area contributed by atoms with Gasteiger partial charge < -0.3 is 9.47 Å². The molecule has 112 valence electrons. The molecule has 1 atom stereocenters. The van der Waals surface area contributed by atoms with Gasteiger partial charge in [0.25, 0.3) is 0 Å². The van der Waals surface area contributed by atoms with Gasteiger partial charge in [0.15, 0.2) is 0 Å². The summed E-state index contributed by atoms with van der Waals surface area (Å²) in [6, 6.07) is 14.9. The van der Waals surface area contributed by atoms with Crippen molar-refractivity contribution in [1.29, 1.82) is 0 Å². The molecule has 0 aliphatic heterocycles. The van der Waals surface area contributed by atoms with Crippen LogP contribution in [0.1, 0.15) is 27.1 Å². The third kappa shape index (κ3) is 4.08. The summed E-state index contributed by atoms with van der Waals surface area (Å²) in [5.41, 5.74) is 4.89. The quantitative estimate of drug-likeness (QED) is 0.705. The molecule has 0 N–H and O–H groups in total. The highest BCUT2D eigenvalue weighted by Crippen LogP contribution is 2.37. The number of hydrogen-bond donors (Lipinski definition) is 0. The van der Waals surface area contributed by atoms with Crippen LogP contribution >= 0.6 is 15.9 Å². The first-order valence-electron chi connectivity index (χ1n) is 7.02. The Morgan fingerprint density at radius 1 is 1.05 bits per heavy atom. The Hall–Kier alpha value is -1.32. The Bertz CT molecular complexity index is 578. The van der Waals surface area contributed by atoms with Crippen LogP contribution in [-0.2, 0) is 11.2 Å². The van der Waals surface area contributed by atoms with Gasteiger partial charge in [0.2, 0.25) is 0 Å². The summed E-state index contributed by atoms with van der Waals surface area (Å²) in [5.74, 6) is 0.908. The topological polar surface area (TPSA) is 18.5 Å². The van der Waals surface area contributed by atoms with Crippen LogP contribution in [0.25, 0.3) is 0 Å². The highest BCUT2D eigenvalue weighted by atomic mass is 79.9. The van der Waals surface area contributed by atoms with E-state index in [4.69, 9.17) is 9.47 Å². The van der Waals surface area contributed by atoms with Crippen LogP contribution in [0.3, 0.4) is 0 Å². The maximum atomic E-state index is 5.47. The Labute approximate surface area is 135 Å². The van der Waals surface area contributed by atoms with Gasteiger partial charge in [-0.25, -0.2) is 0 Å². The molecule has 0 aliphatic carbocycles. The fourth-order valence-electron chi connectivity index (χ4n) is 2.30. The van der Waals surface area contributed by atoms with Crippen molar-refractivity contribution < 1.29 is 9.47 Å². The van der Waals surface area contributed by atoms with E-state index in [-0.39, 0.29) is 4.83 Å². The molecule has 2 rings (SSSR count). The lowest BCUT2D eigenvalue weighted by atomic mass is 10.0. The van der Waals surface area contributed by atoms with E-state index < -0.39 is 0 Å². The molecule has 0 fully saturated rings. The Balaban J connectivity index is 2.23. The first-order chi connectivity index (χ1) is 10.2. The molecule has 3 heteroatoms. The SMILES string of the molecule is COCCc1ccc(C(Br)c2cc(C)ccc2OC)cc1. The van der Waals surface area contributed by atoms with Gasteiger partial charge in [0.05, 0.1) is 18.5 Å². The standard InChI is InChI=1S/C18H21BrO2/c1-13-4-9-17(21-3)16(12-13)18(19)15-7-5-14(6-8-15)10-11-20-2/h4-9,12,18H,10-11H2,1-3H3. The fourth-order valence-corrected chi connectivity index (χ4v) is 2.97. The summed E-state index contributed by atoms with van der Waals surface area (Å²) in [7, 11) is 3.44. The zero-order chi connectivity index (χ0) is 15.2. The van der Waals surface area contributed by atoms with E-state index in [1.807, 2.05) is 6.07 Å². The maximum Gasteiger partial charge on any atom is 0.123 e. The van der Waals surface area contributed by atoms with Gasteiger partial charge >= 0.3 is 0 Å². The number of halogens is 1. The second-order valence-electron chi connectivity index (χ2n) is 5.09. The molecular weight excluding hydrogens is 328 g/mol. The molecule has 0 saturated carbocycles. The normalized spacial score (nSPS) is 12.2. The van der Waals surface area contributed by atoms with E-state index in [2.05, 4.69) is 59.3 Å². The van der Waals surface area contributed by atoms with Crippen LogP contribution in [0.4, 0.5) is 0 Å². The van der Waals surface area contributed by atoms with Crippen molar-refractivity contribution in [3.63, 3.8) is 0 Å². The second kappa shape index (κ2) is 7.62. The fraction of sp³-hybridized carbons (Fsp3) is 0.333. The molecule has 0 aromatic heterocycles. The largest absolute Gasteiger partial charge is 0.496 e. The first-order valence-corrected chi connectivity index (χ1v) is 7.93. The summed E-state index contributed by atoms with van der Waals surface area (Å²) < 4.78 is 10.6. The van der Waals surface area contributed by atoms with E-state index in [0.717, 1.165) is 24.3 Å². The van der Waals surface area contributed by atoms with Gasteiger partial charge in [-0.05, 0) is 30.5 Å². The van der Waals surface area contributed by atoms with Crippen molar-refractivity contribution in [2.24, 2.45) is 0 Å². The van der Waals surface area contributed by atoms with E-state index in [0.29, 0.717) is 0 Å². The molecule has 0 radical (unpaired) electrons. The molecule has 2 aromatic carbocycles. The smallest absolute Gasteiger partial charge is 0.123 e. The highest BCUT2D eigenvalue weighted by Gasteiger charge is 2.15. The average molecular weight is 349 g/mol. The van der Waals surface area contributed by atoms with Gasteiger partial charge in [-0.1, -0.05) is 57.9 Å². The van der Waals surface area contributed by atoms with Crippen molar-refractivity contribution in [3.8, 4) is 5.75 Å². The highest BCUT2D eigenvalue weighted by molar-refractivity contribution is 9.09. The van der Waals surface area contributed by atoms with Gasteiger partial charge in [-0.3, -0.25) is 0 Å². The Kier molecular flexibility index (Phi) is 5.83. The lowest BCUT2D eigenvalue weighted by Crippen LogP contribution is -1.99. The zero-order valence-electron chi connectivity index (χ0n) is 12.7. The molecule has 1 unspecified atom stereocenters. The molecule has 0 amide bonds. The lowest BCUT2D eigenvalue weighted by Gasteiger charge is -2.16. The molecular formula is C18H21BrO2. The van der Waals surface area contributed by atoms with Crippen LogP contribution in [0, 0.1) is 6.92 Å². The van der Waals surface area contributed by atoms with E-state index in [1.54, 1.807) is 14.2 Å². The van der Waals surface area contributed by atoms with Crippen molar-refractivity contribution in [2.45, 2.75) is 18.2 Å². The molecule has 21 heavy (non-hydrogen) atoms. The van der Waals surface area contributed by atoms with Gasteiger partial charge in [-0.15, -0.1) is 0 Å². The van der Waals surface area contributed by atoms with Crippen molar-refractivity contribution >= 4 is 15.9 Å². The summed E-state index contributed by atoms with van der Waals surface area (Å²) in [6.45, 7) is 2.85. The zero-order valence-corrected chi connectivity index (χ0v) is 14.3. The molecule has 0 heterocycles. The van der Waals surface area contributed by atoms with E-state index in [1.165, 1.54) is 16.7 Å². The predicted molar refractivity (Wildman–Crippen MR) is 90.5 cm³/mol. The number of alkyl halides is 1. The summed E-state index contributed by atoms with van der Waals surface area (Å²) in [5, 5.41) is 0. The third-order valence-corrected chi connectivity index (χ3v) is 4.55. The molecule has 2 aromatic rings. The minimum atomic E-state index is 0.129.